The standard InChI is InChI=1S/C25H34N3O4P/c1-14-18-12-28-6-5-15-17-10-22(30-4)23(33)11-20(17)26-24(15)21(28)9-16(18)19(13-32-14)25(29)31-8-7-27(2)3/h10-11,13-14,16,18,21,26H,5-9,12,33H2,1-4H3. The number of hydrogen-bond acceptors (Lipinski definition) is 6. The van der Waals surface area contributed by atoms with Crippen LogP contribution in [0.3, 0.4) is 0 Å². The van der Waals surface area contributed by atoms with Crippen LogP contribution in [0.25, 0.3) is 10.9 Å². The van der Waals surface area contributed by atoms with Crippen LogP contribution >= 0.6 is 9.24 Å². The average Bonchev–Trinajstić information content (AvgIpc) is 3.15. The number of ether oxygens (including phenoxy) is 3. The Morgan fingerprint density at radius 2 is 2.18 bits per heavy atom. The normalized spacial score (nSPS) is 26.8. The van der Waals surface area contributed by atoms with E-state index in [9.17, 15) is 4.79 Å². The molecule has 1 aromatic heterocycles. The van der Waals surface area contributed by atoms with Crippen molar-refractivity contribution in [2.24, 2.45) is 11.8 Å². The van der Waals surface area contributed by atoms with Gasteiger partial charge in [-0.1, -0.05) is 0 Å². The second-order valence-electron chi connectivity index (χ2n) is 9.78. The summed E-state index contributed by atoms with van der Waals surface area (Å²) in [5.74, 6) is 1.07. The second-order valence-corrected chi connectivity index (χ2v) is 10.4. The molecule has 0 radical (unpaired) electrons. The first-order valence-corrected chi connectivity index (χ1v) is 12.3. The van der Waals surface area contributed by atoms with Crippen LogP contribution in [0.1, 0.15) is 30.6 Å². The van der Waals surface area contributed by atoms with Crippen LogP contribution in [0, 0.1) is 11.8 Å². The SMILES string of the molecule is COc1cc2c3c([nH]c2cc1P)C1CC2C(C(=O)OCCN(C)C)=COC(C)C2CN1CC3. The van der Waals surface area contributed by atoms with Gasteiger partial charge in [0, 0.05) is 53.4 Å². The molecule has 3 aliphatic rings. The Kier molecular flexibility index (Phi) is 6.15. The molecule has 33 heavy (non-hydrogen) atoms. The van der Waals surface area contributed by atoms with Crippen molar-refractivity contribution in [1.82, 2.24) is 14.8 Å². The van der Waals surface area contributed by atoms with Crippen LogP contribution in [-0.4, -0.2) is 74.3 Å². The van der Waals surface area contributed by atoms with Gasteiger partial charge < -0.3 is 24.1 Å². The van der Waals surface area contributed by atoms with Crippen LogP contribution in [0.2, 0.25) is 0 Å². The Morgan fingerprint density at radius 3 is 2.94 bits per heavy atom. The zero-order valence-electron chi connectivity index (χ0n) is 19.9. The lowest BCUT2D eigenvalue weighted by Crippen LogP contribution is -2.51. The third-order valence-corrected chi connectivity index (χ3v) is 8.02. The summed E-state index contributed by atoms with van der Waals surface area (Å²) in [6.45, 7) is 5.15. The molecule has 4 heterocycles. The highest BCUT2D eigenvalue weighted by Gasteiger charge is 2.47. The van der Waals surface area contributed by atoms with Gasteiger partial charge >= 0.3 is 5.97 Å². The number of benzene rings is 1. The molecular formula is C25H34N3O4P. The summed E-state index contributed by atoms with van der Waals surface area (Å²) in [4.78, 5) is 21.3. The topological polar surface area (TPSA) is 67.0 Å². The first-order valence-electron chi connectivity index (χ1n) is 11.8. The number of nitrogens with zero attached hydrogens (tertiary/aromatic N) is 2. The number of H-pyrrole nitrogens is 1. The maximum atomic E-state index is 13.0. The molecular weight excluding hydrogens is 437 g/mol. The molecule has 0 bridgehead atoms. The van der Waals surface area contributed by atoms with Gasteiger partial charge in [0.15, 0.2) is 0 Å². The highest BCUT2D eigenvalue weighted by atomic mass is 31.0. The van der Waals surface area contributed by atoms with Crippen LogP contribution < -0.4 is 10.0 Å². The van der Waals surface area contributed by atoms with Crippen molar-refractivity contribution in [2.45, 2.75) is 31.9 Å². The molecule has 1 saturated heterocycles. The minimum Gasteiger partial charge on any atom is -0.497 e. The van der Waals surface area contributed by atoms with Crippen LogP contribution in [-0.2, 0) is 20.7 Å². The molecule has 5 unspecified atom stereocenters. The quantitative estimate of drug-likeness (QED) is 0.534. The van der Waals surface area contributed by atoms with E-state index in [1.807, 2.05) is 19.0 Å². The van der Waals surface area contributed by atoms with E-state index in [1.165, 1.54) is 16.6 Å². The van der Waals surface area contributed by atoms with Gasteiger partial charge in [-0.05, 0) is 51.6 Å². The molecule has 0 spiro atoms. The van der Waals surface area contributed by atoms with Crippen molar-refractivity contribution in [2.75, 3.05) is 47.4 Å². The van der Waals surface area contributed by atoms with E-state index in [4.69, 9.17) is 14.2 Å². The molecule has 5 rings (SSSR count). The van der Waals surface area contributed by atoms with Crippen LogP contribution in [0.4, 0.5) is 0 Å². The fourth-order valence-electron chi connectivity index (χ4n) is 5.74. The average molecular weight is 472 g/mol. The van der Waals surface area contributed by atoms with Gasteiger partial charge in [-0.3, -0.25) is 4.90 Å². The number of hydrogen-bond donors (Lipinski definition) is 1. The maximum Gasteiger partial charge on any atom is 0.337 e. The summed E-state index contributed by atoms with van der Waals surface area (Å²) < 4.78 is 17.1. The zero-order chi connectivity index (χ0) is 23.3. The highest BCUT2D eigenvalue weighted by molar-refractivity contribution is 7.27. The fraction of sp³-hybridized carbons (Fsp3) is 0.560. The van der Waals surface area contributed by atoms with Crippen molar-refractivity contribution in [3.63, 3.8) is 0 Å². The number of piperidine rings is 1. The first-order chi connectivity index (χ1) is 15.9. The third-order valence-electron chi connectivity index (χ3n) is 7.57. The minimum absolute atomic E-state index is 0.0855. The second kappa shape index (κ2) is 8.94. The molecule has 5 atom stereocenters. The molecule has 178 valence electrons. The summed E-state index contributed by atoms with van der Waals surface area (Å²) in [7, 11) is 8.43. The number of fused-ring (bicyclic) bond motifs is 6. The highest BCUT2D eigenvalue weighted by Crippen LogP contribution is 2.47. The van der Waals surface area contributed by atoms with Gasteiger partial charge in [0.2, 0.25) is 0 Å². The third kappa shape index (κ3) is 4.05. The van der Waals surface area contributed by atoms with Crippen molar-refractivity contribution in [1.29, 1.82) is 0 Å². The van der Waals surface area contributed by atoms with Gasteiger partial charge in [0.05, 0.1) is 31.1 Å². The van der Waals surface area contributed by atoms with E-state index < -0.39 is 0 Å². The molecule has 2 aromatic rings. The van der Waals surface area contributed by atoms with Gasteiger partial charge in [-0.15, -0.1) is 9.24 Å². The number of methoxy groups -OCH3 is 1. The first kappa shape index (κ1) is 22.7. The molecule has 1 aromatic carbocycles. The number of carbonyl (C=O) groups excluding carboxylic acids is 1. The Morgan fingerprint density at radius 1 is 1.36 bits per heavy atom. The van der Waals surface area contributed by atoms with Crippen LogP contribution in [0.15, 0.2) is 24.0 Å². The van der Waals surface area contributed by atoms with Gasteiger partial charge in [-0.25, -0.2) is 4.79 Å². The largest absolute Gasteiger partial charge is 0.497 e. The van der Waals surface area contributed by atoms with Crippen molar-refractivity contribution >= 4 is 31.4 Å². The fourth-order valence-corrected chi connectivity index (χ4v) is 6.11. The molecule has 3 aliphatic heterocycles. The summed E-state index contributed by atoms with van der Waals surface area (Å²) in [5, 5.41) is 2.29. The Balaban J connectivity index is 1.44. The molecule has 0 amide bonds. The predicted octanol–water partition coefficient (Wildman–Crippen LogP) is 2.62. The molecule has 7 nitrogen and oxygen atoms in total. The van der Waals surface area contributed by atoms with E-state index in [1.54, 1.807) is 13.4 Å². The van der Waals surface area contributed by atoms with Gasteiger partial charge in [0.1, 0.15) is 12.4 Å². The number of rotatable bonds is 5. The van der Waals surface area contributed by atoms with Gasteiger partial charge in [0.25, 0.3) is 0 Å². The van der Waals surface area contributed by atoms with Crippen molar-refractivity contribution in [3.8, 4) is 5.75 Å². The van der Waals surface area contributed by atoms with E-state index >= 15 is 0 Å². The maximum absolute atomic E-state index is 13.0. The number of carbonyl (C=O) groups is 1. The Labute approximate surface area is 197 Å². The van der Waals surface area contributed by atoms with Crippen molar-refractivity contribution in [3.05, 3.63) is 35.2 Å². The Bertz CT molecular complexity index is 1090. The van der Waals surface area contributed by atoms with E-state index in [0.29, 0.717) is 18.7 Å². The summed E-state index contributed by atoms with van der Waals surface area (Å²) >= 11 is 0. The minimum atomic E-state index is -0.239. The predicted molar refractivity (Wildman–Crippen MR) is 132 cm³/mol. The van der Waals surface area contributed by atoms with E-state index in [2.05, 4.69) is 38.2 Å². The monoisotopic (exact) mass is 471 g/mol. The van der Waals surface area contributed by atoms with E-state index in [-0.39, 0.29) is 30.0 Å². The molecule has 1 N–H and O–H groups in total. The van der Waals surface area contributed by atoms with Gasteiger partial charge in [-0.2, -0.15) is 0 Å². The number of aromatic amines is 1. The number of nitrogens with one attached hydrogen (secondary N) is 1. The number of likely N-dealkylation sites (N-methyl/N-ethyl adjacent to an activating group) is 1. The molecule has 0 saturated carbocycles. The lowest BCUT2D eigenvalue weighted by molar-refractivity contribution is -0.142. The van der Waals surface area contributed by atoms with Crippen molar-refractivity contribution < 1.29 is 19.0 Å². The Hall–Kier alpha value is -2.08. The summed E-state index contributed by atoms with van der Waals surface area (Å²) in [5.41, 5.74) is 4.50. The lowest BCUT2D eigenvalue weighted by atomic mass is 9.72. The number of esters is 1. The van der Waals surface area contributed by atoms with E-state index in [0.717, 1.165) is 42.5 Å². The summed E-state index contributed by atoms with van der Waals surface area (Å²) in [6.07, 6.45) is 3.65. The molecule has 0 aliphatic carbocycles. The molecule has 8 heteroatoms. The smallest absolute Gasteiger partial charge is 0.337 e. The number of aromatic nitrogens is 1. The van der Waals surface area contributed by atoms with Crippen LogP contribution in [0.5, 0.6) is 5.75 Å². The zero-order valence-corrected chi connectivity index (χ0v) is 21.0. The summed E-state index contributed by atoms with van der Waals surface area (Å²) in [6, 6.07) is 4.56. The molecule has 1 fully saturated rings. The lowest BCUT2D eigenvalue weighted by Gasteiger charge is -2.49.